The Morgan fingerprint density at radius 3 is 1.93 bits per heavy atom. The number of fused-ring (bicyclic) bond motifs is 3. The molecule has 0 aliphatic carbocycles. The highest BCUT2D eigenvalue weighted by Gasteiger charge is 2.17. The van der Waals surface area contributed by atoms with E-state index in [9.17, 15) is 0 Å². The van der Waals surface area contributed by atoms with Gasteiger partial charge in [-0.05, 0) is 95.9 Å². The second-order valence-electron chi connectivity index (χ2n) is 10.9. The Morgan fingerprint density at radius 2 is 1.30 bits per heavy atom. The van der Waals surface area contributed by atoms with Crippen molar-refractivity contribution in [3.8, 4) is 22.3 Å². The number of aryl methyl sites for hydroxylation is 1. The zero-order chi connectivity index (χ0) is 29.8. The molecule has 0 saturated heterocycles. The Morgan fingerprint density at radius 1 is 0.674 bits per heavy atom. The Balaban J connectivity index is 1.48. The van der Waals surface area contributed by atoms with Crippen LogP contribution in [0.25, 0.3) is 60.1 Å². The van der Waals surface area contributed by atoms with E-state index >= 15 is 0 Å². The Kier molecular flexibility index (Phi) is 7.98. The molecule has 6 rings (SSSR count). The number of rotatable bonds is 9. The van der Waals surface area contributed by atoms with E-state index in [0.717, 1.165) is 17.6 Å². The van der Waals surface area contributed by atoms with E-state index in [1.807, 2.05) is 24.3 Å². The van der Waals surface area contributed by atoms with Gasteiger partial charge >= 0.3 is 0 Å². The van der Waals surface area contributed by atoms with Crippen LogP contribution < -0.4 is 0 Å². The minimum absolute atomic E-state index is 0.533. The fourth-order valence-corrected chi connectivity index (χ4v) is 5.96. The predicted octanol–water partition coefficient (Wildman–Crippen LogP) is 11.8. The lowest BCUT2D eigenvalue weighted by Gasteiger charge is -2.18. The molecule has 0 bridgehead atoms. The van der Waals surface area contributed by atoms with Crippen molar-refractivity contribution < 1.29 is 0 Å². The fourth-order valence-electron chi connectivity index (χ4n) is 5.96. The van der Waals surface area contributed by atoms with Gasteiger partial charge in [-0.15, -0.1) is 0 Å². The van der Waals surface area contributed by atoms with E-state index in [2.05, 4.69) is 129 Å². The van der Waals surface area contributed by atoms with E-state index in [0.29, 0.717) is 12.1 Å². The van der Waals surface area contributed by atoms with Crippen LogP contribution in [-0.4, -0.2) is 5.71 Å². The third kappa shape index (κ3) is 5.63. The Hall–Kier alpha value is -5.27. The SMILES string of the molecule is C=C/C=C\CC(=N)/C=C\C(=C)c1ccc2ccc(-c3c4ccccc4c(-c4cccc(CC)c4)c4ccccc34)cc2c1. The van der Waals surface area contributed by atoms with Crippen molar-refractivity contribution in [3.05, 3.63) is 164 Å². The maximum absolute atomic E-state index is 8.19. The summed E-state index contributed by atoms with van der Waals surface area (Å²) in [4.78, 5) is 0. The molecule has 0 atom stereocenters. The predicted molar refractivity (Wildman–Crippen MR) is 189 cm³/mol. The molecule has 6 aromatic rings. The highest BCUT2D eigenvalue weighted by molar-refractivity contribution is 6.21. The van der Waals surface area contributed by atoms with Crippen LogP contribution >= 0.6 is 0 Å². The van der Waals surface area contributed by atoms with E-state index in [1.165, 1.54) is 60.1 Å². The van der Waals surface area contributed by atoms with Crippen molar-refractivity contribution in [3.63, 3.8) is 0 Å². The van der Waals surface area contributed by atoms with Crippen LogP contribution in [0.1, 0.15) is 24.5 Å². The molecule has 0 spiro atoms. The number of allylic oxidation sites excluding steroid dienone is 6. The minimum atomic E-state index is 0.533. The van der Waals surface area contributed by atoms with Gasteiger partial charge in [0, 0.05) is 12.1 Å². The summed E-state index contributed by atoms with van der Waals surface area (Å²) >= 11 is 0. The summed E-state index contributed by atoms with van der Waals surface area (Å²) in [5.74, 6) is 0. The van der Waals surface area contributed by atoms with Crippen LogP contribution in [0.2, 0.25) is 0 Å². The second-order valence-corrected chi connectivity index (χ2v) is 10.9. The van der Waals surface area contributed by atoms with E-state index in [-0.39, 0.29) is 0 Å². The molecular formula is C42H35N. The molecular weight excluding hydrogens is 518 g/mol. The molecule has 1 N–H and O–H groups in total. The zero-order valence-electron chi connectivity index (χ0n) is 24.6. The standard InChI is InChI=1S/C42H35N/c1-4-6-7-15-36(43)25-20-29(3)32-23-21-31-22-24-34(28-35(31)27-32)42-39-18-10-8-16-37(39)41(38-17-9-11-19-40(38)42)33-14-12-13-30(5-2)26-33/h4,6-14,16-28,43H,1,3,5,15H2,2H3/b7-6-,25-20-,43-36?. The molecule has 1 nitrogen and oxygen atoms in total. The summed E-state index contributed by atoms with van der Waals surface area (Å²) in [5.41, 5.74) is 8.83. The maximum atomic E-state index is 8.19. The molecule has 0 saturated carbocycles. The first-order valence-corrected chi connectivity index (χ1v) is 14.9. The molecule has 0 fully saturated rings. The number of nitrogens with one attached hydrogen (secondary N) is 1. The lowest BCUT2D eigenvalue weighted by atomic mass is 9.85. The van der Waals surface area contributed by atoms with Gasteiger partial charge in [0.05, 0.1) is 0 Å². The van der Waals surface area contributed by atoms with Crippen molar-refractivity contribution in [2.45, 2.75) is 19.8 Å². The fraction of sp³-hybridized carbons (Fsp3) is 0.0714. The van der Waals surface area contributed by atoms with Crippen molar-refractivity contribution in [1.29, 1.82) is 5.41 Å². The number of benzene rings is 6. The second kappa shape index (κ2) is 12.3. The molecule has 0 radical (unpaired) electrons. The first-order valence-electron chi connectivity index (χ1n) is 14.9. The first-order chi connectivity index (χ1) is 21.1. The largest absolute Gasteiger partial charge is 0.305 e. The monoisotopic (exact) mass is 553 g/mol. The molecule has 0 unspecified atom stereocenters. The topological polar surface area (TPSA) is 23.9 Å². The van der Waals surface area contributed by atoms with Crippen LogP contribution in [-0.2, 0) is 6.42 Å². The quantitative estimate of drug-likeness (QED) is 0.105. The highest BCUT2D eigenvalue weighted by atomic mass is 14.4. The molecule has 0 amide bonds. The van der Waals surface area contributed by atoms with Crippen molar-refractivity contribution in [2.75, 3.05) is 0 Å². The van der Waals surface area contributed by atoms with Gasteiger partial charge in [0.15, 0.2) is 0 Å². The lowest BCUT2D eigenvalue weighted by molar-refractivity contribution is 1.14. The third-order valence-corrected chi connectivity index (χ3v) is 8.15. The summed E-state index contributed by atoms with van der Waals surface area (Å²) in [5, 5.41) is 15.6. The van der Waals surface area contributed by atoms with Crippen molar-refractivity contribution >= 4 is 43.6 Å². The molecule has 0 aliphatic heterocycles. The van der Waals surface area contributed by atoms with Gasteiger partial charge in [0.2, 0.25) is 0 Å². The molecule has 0 aliphatic rings. The van der Waals surface area contributed by atoms with E-state index in [1.54, 1.807) is 6.08 Å². The molecule has 1 heteroatoms. The van der Waals surface area contributed by atoms with Crippen molar-refractivity contribution in [2.24, 2.45) is 0 Å². The summed E-state index contributed by atoms with van der Waals surface area (Å²) in [6.07, 6.45) is 10.9. The third-order valence-electron chi connectivity index (χ3n) is 8.15. The summed E-state index contributed by atoms with van der Waals surface area (Å²) in [6, 6.07) is 39.9. The van der Waals surface area contributed by atoms with Crippen LogP contribution in [0.4, 0.5) is 0 Å². The van der Waals surface area contributed by atoms with E-state index < -0.39 is 0 Å². The van der Waals surface area contributed by atoms with Gasteiger partial charge in [-0.2, -0.15) is 0 Å². The van der Waals surface area contributed by atoms with Gasteiger partial charge in [0.1, 0.15) is 0 Å². The smallest absolute Gasteiger partial charge is 0.0351 e. The molecule has 208 valence electrons. The summed E-state index contributed by atoms with van der Waals surface area (Å²) in [6.45, 7) is 10.2. The average Bonchev–Trinajstić information content (AvgIpc) is 3.05. The minimum Gasteiger partial charge on any atom is -0.305 e. The van der Waals surface area contributed by atoms with Gasteiger partial charge in [0.25, 0.3) is 0 Å². The Bertz CT molecular complexity index is 2030. The highest BCUT2D eigenvalue weighted by Crippen LogP contribution is 2.44. The van der Waals surface area contributed by atoms with E-state index in [4.69, 9.17) is 5.41 Å². The number of hydrogen-bond donors (Lipinski definition) is 1. The maximum Gasteiger partial charge on any atom is 0.0351 e. The lowest BCUT2D eigenvalue weighted by Crippen LogP contribution is -1.92. The first kappa shape index (κ1) is 27.9. The van der Waals surface area contributed by atoms with Crippen LogP contribution in [0, 0.1) is 5.41 Å². The normalized spacial score (nSPS) is 11.7. The van der Waals surface area contributed by atoms with Gasteiger partial charge in [-0.25, -0.2) is 0 Å². The van der Waals surface area contributed by atoms with Crippen LogP contribution in [0.15, 0.2) is 153 Å². The van der Waals surface area contributed by atoms with Gasteiger partial charge < -0.3 is 5.41 Å². The molecule has 43 heavy (non-hydrogen) atoms. The molecule has 0 aromatic heterocycles. The van der Waals surface area contributed by atoms with Crippen LogP contribution in [0.5, 0.6) is 0 Å². The number of hydrogen-bond acceptors (Lipinski definition) is 1. The zero-order valence-corrected chi connectivity index (χ0v) is 24.6. The van der Waals surface area contributed by atoms with Gasteiger partial charge in [-0.1, -0.05) is 141 Å². The molecule has 6 aromatic carbocycles. The Labute approximate surface area is 254 Å². The van der Waals surface area contributed by atoms with Gasteiger partial charge in [-0.3, -0.25) is 0 Å². The molecule has 0 heterocycles. The summed E-state index contributed by atoms with van der Waals surface area (Å²) < 4.78 is 0. The van der Waals surface area contributed by atoms with Crippen LogP contribution in [0.3, 0.4) is 0 Å². The summed E-state index contributed by atoms with van der Waals surface area (Å²) in [7, 11) is 0. The average molecular weight is 554 g/mol. The van der Waals surface area contributed by atoms with Crippen molar-refractivity contribution in [1.82, 2.24) is 0 Å².